The minimum Gasteiger partial charge on any atom is -0.484 e. The molecule has 0 radical (unpaired) electrons. The topological polar surface area (TPSA) is 84.5 Å². The van der Waals surface area contributed by atoms with E-state index in [-0.39, 0.29) is 17.4 Å². The van der Waals surface area contributed by atoms with E-state index in [1.807, 2.05) is 31.2 Å². The van der Waals surface area contributed by atoms with Crippen molar-refractivity contribution in [3.63, 3.8) is 0 Å². The highest BCUT2D eigenvalue weighted by molar-refractivity contribution is 7.92. The van der Waals surface area contributed by atoms with Crippen LogP contribution in [0.5, 0.6) is 5.75 Å². The summed E-state index contributed by atoms with van der Waals surface area (Å²) in [7, 11) is -3.69. The van der Waals surface area contributed by atoms with Crippen molar-refractivity contribution in [2.75, 3.05) is 16.6 Å². The minimum atomic E-state index is -3.69. The highest BCUT2D eigenvalue weighted by Crippen LogP contribution is 2.19. The van der Waals surface area contributed by atoms with Gasteiger partial charge >= 0.3 is 0 Å². The molecule has 7 heteroatoms. The van der Waals surface area contributed by atoms with Gasteiger partial charge in [-0.25, -0.2) is 8.42 Å². The van der Waals surface area contributed by atoms with Gasteiger partial charge in [0.1, 0.15) is 5.75 Å². The summed E-state index contributed by atoms with van der Waals surface area (Å²) >= 11 is 0. The van der Waals surface area contributed by atoms with Gasteiger partial charge in [-0.3, -0.25) is 9.52 Å². The van der Waals surface area contributed by atoms with Gasteiger partial charge in [0.05, 0.1) is 4.90 Å². The van der Waals surface area contributed by atoms with E-state index in [0.29, 0.717) is 17.1 Å². The molecule has 3 aromatic rings. The summed E-state index contributed by atoms with van der Waals surface area (Å²) < 4.78 is 32.7. The number of benzene rings is 3. The molecule has 0 unspecified atom stereocenters. The summed E-state index contributed by atoms with van der Waals surface area (Å²) in [6.45, 7) is 1.79. The summed E-state index contributed by atoms with van der Waals surface area (Å²) in [6, 6.07) is 21.9. The Bertz CT molecular complexity index is 1030. The molecule has 0 aliphatic rings. The number of nitrogens with one attached hydrogen (secondary N) is 2. The van der Waals surface area contributed by atoms with E-state index < -0.39 is 10.0 Å². The van der Waals surface area contributed by atoms with Gasteiger partial charge in [0, 0.05) is 11.4 Å². The molecule has 144 valence electrons. The van der Waals surface area contributed by atoms with Gasteiger partial charge in [-0.15, -0.1) is 0 Å². The summed E-state index contributed by atoms with van der Waals surface area (Å²) in [5.41, 5.74) is 2.27. The van der Waals surface area contributed by atoms with Crippen LogP contribution in [0.25, 0.3) is 0 Å². The first-order chi connectivity index (χ1) is 13.4. The molecule has 0 saturated heterocycles. The zero-order valence-electron chi connectivity index (χ0n) is 15.3. The molecule has 0 fully saturated rings. The standard InChI is InChI=1S/C21H20N2O4S/c1-16-7-9-17(10-8-16)22-21(24)15-27-19-11-13-20(14-12-19)28(25,26)23-18-5-3-2-4-6-18/h2-14,23H,15H2,1H3,(H,22,24). The molecule has 2 N–H and O–H groups in total. The number of hydrogen-bond donors (Lipinski definition) is 2. The normalized spacial score (nSPS) is 10.9. The quantitative estimate of drug-likeness (QED) is 0.636. The van der Waals surface area contributed by atoms with Crippen LogP contribution in [-0.2, 0) is 14.8 Å². The number of sulfonamides is 1. The van der Waals surface area contributed by atoms with Gasteiger partial charge < -0.3 is 10.1 Å². The summed E-state index contributed by atoms with van der Waals surface area (Å²) in [5, 5.41) is 2.73. The van der Waals surface area contributed by atoms with E-state index in [9.17, 15) is 13.2 Å². The number of aryl methyl sites for hydroxylation is 1. The molecule has 0 aromatic heterocycles. The maximum atomic E-state index is 12.4. The molecular formula is C21H20N2O4S. The lowest BCUT2D eigenvalue weighted by atomic mass is 10.2. The van der Waals surface area contributed by atoms with Crippen molar-refractivity contribution in [3.8, 4) is 5.75 Å². The molecule has 1 amide bonds. The zero-order chi connectivity index (χ0) is 20.0. The number of anilines is 2. The molecule has 0 aliphatic heterocycles. The van der Waals surface area contributed by atoms with E-state index in [4.69, 9.17) is 4.74 Å². The van der Waals surface area contributed by atoms with E-state index in [2.05, 4.69) is 10.0 Å². The molecule has 6 nitrogen and oxygen atoms in total. The van der Waals surface area contributed by atoms with Crippen molar-refractivity contribution in [1.29, 1.82) is 0 Å². The third kappa shape index (κ3) is 5.34. The van der Waals surface area contributed by atoms with E-state index in [1.54, 1.807) is 30.3 Å². The molecule has 3 aromatic carbocycles. The largest absolute Gasteiger partial charge is 0.484 e. The van der Waals surface area contributed by atoms with Gasteiger partial charge in [-0.2, -0.15) is 0 Å². The van der Waals surface area contributed by atoms with Gasteiger partial charge in [-0.05, 0) is 55.5 Å². The molecule has 0 saturated carbocycles. The molecule has 28 heavy (non-hydrogen) atoms. The smallest absolute Gasteiger partial charge is 0.262 e. The second kappa shape index (κ2) is 8.58. The Hall–Kier alpha value is -3.32. The third-order valence-electron chi connectivity index (χ3n) is 3.87. The van der Waals surface area contributed by atoms with Gasteiger partial charge in [0.15, 0.2) is 6.61 Å². The van der Waals surface area contributed by atoms with E-state index in [0.717, 1.165) is 5.56 Å². The molecule has 0 bridgehead atoms. The Labute approximate surface area is 164 Å². The highest BCUT2D eigenvalue weighted by atomic mass is 32.2. The van der Waals surface area contributed by atoms with Crippen LogP contribution in [0.1, 0.15) is 5.56 Å². The van der Waals surface area contributed by atoms with Crippen molar-refractivity contribution in [2.24, 2.45) is 0 Å². The Morgan fingerprint density at radius 3 is 2.14 bits per heavy atom. The highest BCUT2D eigenvalue weighted by Gasteiger charge is 2.14. The fourth-order valence-corrected chi connectivity index (χ4v) is 3.48. The molecule has 3 rings (SSSR count). The van der Waals surface area contributed by atoms with Crippen molar-refractivity contribution in [2.45, 2.75) is 11.8 Å². The third-order valence-corrected chi connectivity index (χ3v) is 5.26. The SMILES string of the molecule is Cc1ccc(NC(=O)COc2ccc(S(=O)(=O)Nc3ccccc3)cc2)cc1. The number of hydrogen-bond acceptors (Lipinski definition) is 4. The number of para-hydroxylation sites is 1. The van der Waals surface area contributed by atoms with Crippen LogP contribution in [-0.4, -0.2) is 20.9 Å². The van der Waals surface area contributed by atoms with Crippen LogP contribution in [0.3, 0.4) is 0 Å². The molecule has 0 aliphatic carbocycles. The molecule has 0 atom stereocenters. The number of ether oxygens (including phenoxy) is 1. The predicted molar refractivity (Wildman–Crippen MR) is 109 cm³/mol. The van der Waals surface area contributed by atoms with Crippen LogP contribution < -0.4 is 14.8 Å². The first kappa shape index (κ1) is 19.4. The number of rotatable bonds is 7. The number of carbonyl (C=O) groups excluding carboxylic acids is 1. The lowest BCUT2D eigenvalue weighted by Crippen LogP contribution is -2.20. The number of amides is 1. The first-order valence-electron chi connectivity index (χ1n) is 8.60. The Morgan fingerprint density at radius 1 is 0.857 bits per heavy atom. The predicted octanol–water partition coefficient (Wildman–Crippen LogP) is 3.81. The summed E-state index contributed by atoms with van der Waals surface area (Å²) in [5.74, 6) is 0.101. The molecule has 0 spiro atoms. The Balaban J connectivity index is 1.56. The Kier molecular flexibility index (Phi) is 5.96. The van der Waals surface area contributed by atoms with Crippen LogP contribution in [0.15, 0.2) is 83.8 Å². The summed E-state index contributed by atoms with van der Waals surface area (Å²) in [4.78, 5) is 12.1. The average Bonchev–Trinajstić information content (AvgIpc) is 2.69. The fourth-order valence-electron chi connectivity index (χ4n) is 2.42. The second-order valence-electron chi connectivity index (χ2n) is 6.15. The second-order valence-corrected chi connectivity index (χ2v) is 7.83. The maximum absolute atomic E-state index is 12.4. The van der Waals surface area contributed by atoms with Crippen LogP contribution in [0.4, 0.5) is 11.4 Å². The first-order valence-corrected chi connectivity index (χ1v) is 10.1. The maximum Gasteiger partial charge on any atom is 0.262 e. The lowest BCUT2D eigenvalue weighted by Gasteiger charge is -2.10. The zero-order valence-corrected chi connectivity index (χ0v) is 16.1. The van der Waals surface area contributed by atoms with Gasteiger partial charge in [0.2, 0.25) is 0 Å². The monoisotopic (exact) mass is 396 g/mol. The lowest BCUT2D eigenvalue weighted by molar-refractivity contribution is -0.118. The van der Waals surface area contributed by atoms with E-state index >= 15 is 0 Å². The minimum absolute atomic E-state index is 0.104. The van der Waals surface area contributed by atoms with Crippen molar-refractivity contribution in [3.05, 3.63) is 84.4 Å². The van der Waals surface area contributed by atoms with Crippen LogP contribution >= 0.6 is 0 Å². The summed E-state index contributed by atoms with van der Waals surface area (Å²) in [6.07, 6.45) is 0. The number of carbonyl (C=O) groups is 1. The van der Waals surface area contributed by atoms with Gasteiger partial charge in [0.25, 0.3) is 15.9 Å². The Morgan fingerprint density at radius 2 is 1.50 bits per heavy atom. The van der Waals surface area contributed by atoms with Crippen LogP contribution in [0.2, 0.25) is 0 Å². The van der Waals surface area contributed by atoms with Crippen molar-refractivity contribution >= 4 is 27.3 Å². The van der Waals surface area contributed by atoms with Crippen molar-refractivity contribution in [1.82, 2.24) is 0 Å². The van der Waals surface area contributed by atoms with Gasteiger partial charge in [-0.1, -0.05) is 35.9 Å². The molecule has 0 heterocycles. The van der Waals surface area contributed by atoms with E-state index in [1.165, 1.54) is 24.3 Å². The molecular weight excluding hydrogens is 376 g/mol. The average molecular weight is 396 g/mol. The fraction of sp³-hybridized carbons (Fsp3) is 0.0952. The van der Waals surface area contributed by atoms with Crippen molar-refractivity contribution < 1.29 is 17.9 Å². The van der Waals surface area contributed by atoms with Crippen LogP contribution in [0, 0.1) is 6.92 Å².